The number of Topliss-reactive ketones (excluding diaryl/α,β-unsaturated/α-hetero) is 1. The standard InChI is InChI=1S/C26H30N4O4/c1-16(2)25(32)28-19-6-9-21-22(15-27-23(21)14-19)24(26(33)34)30-12-10-29(11-13-30)20-7-4-18(5-8-20)17(3)31/h4-9,14-16,24,27H,10-13H2,1-3H3,(H,28,32)(H,33,34). The molecule has 1 aromatic heterocycles. The summed E-state index contributed by atoms with van der Waals surface area (Å²) in [5, 5.41) is 13.8. The van der Waals surface area contributed by atoms with Gasteiger partial charge in [-0.3, -0.25) is 19.3 Å². The lowest BCUT2D eigenvalue weighted by Gasteiger charge is -2.38. The predicted molar refractivity (Wildman–Crippen MR) is 132 cm³/mol. The summed E-state index contributed by atoms with van der Waals surface area (Å²) in [6, 6.07) is 12.3. The number of nitrogens with one attached hydrogen (secondary N) is 2. The molecule has 178 valence electrons. The Balaban J connectivity index is 1.50. The molecule has 0 saturated carbocycles. The van der Waals surface area contributed by atoms with Crippen LogP contribution in [0.2, 0.25) is 0 Å². The van der Waals surface area contributed by atoms with E-state index in [9.17, 15) is 19.5 Å². The summed E-state index contributed by atoms with van der Waals surface area (Å²) in [5.41, 5.74) is 3.88. The molecule has 8 heteroatoms. The Hall–Kier alpha value is -3.65. The van der Waals surface area contributed by atoms with Crippen LogP contribution in [0.25, 0.3) is 10.9 Å². The lowest BCUT2D eigenvalue weighted by molar-refractivity contribution is -0.143. The zero-order valence-corrected chi connectivity index (χ0v) is 19.7. The molecule has 0 bridgehead atoms. The van der Waals surface area contributed by atoms with Gasteiger partial charge < -0.3 is 20.3 Å². The molecule has 1 aliphatic rings. The predicted octanol–water partition coefficient (Wildman–Crippen LogP) is 3.91. The molecule has 2 heterocycles. The van der Waals surface area contributed by atoms with Gasteiger partial charge in [0.05, 0.1) is 0 Å². The van der Waals surface area contributed by atoms with Crippen molar-refractivity contribution in [2.24, 2.45) is 5.92 Å². The fourth-order valence-electron chi connectivity index (χ4n) is 4.37. The van der Waals surface area contributed by atoms with Gasteiger partial charge in [-0.1, -0.05) is 19.9 Å². The van der Waals surface area contributed by atoms with Gasteiger partial charge in [0.25, 0.3) is 0 Å². The van der Waals surface area contributed by atoms with E-state index >= 15 is 0 Å². The molecule has 4 rings (SSSR count). The minimum absolute atomic E-state index is 0.0359. The van der Waals surface area contributed by atoms with Crippen molar-refractivity contribution in [3.05, 3.63) is 59.8 Å². The van der Waals surface area contributed by atoms with Gasteiger partial charge >= 0.3 is 5.97 Å². The van der Waals surface area contributed by atoms with E-state index in [1.54, 1.807) is 13.1 Å². The van der Waals surface area contributed by atoms with Crippen LogP contribution in [0.1, 0.15) is 42.7 Å². The lowest BCUT2D eigenvalue weighted by atomic mass is 10.0. The zero-order chi connectivity index (χ0) is 24.4. The van der Waals surface area contributed by atoms with E-state index in [0.29, 0.717) is 43.0 Å². The van der Waals surface area contributed by atoms with Crippen molar-refractivity contribution in [1.82, 2.24) is 9.88 Å². The van der Waals surface area contributed by atoms with E-state index in [4.69, 9.17) is 0 Å². The fourth-order valence-corrected chi connectivity index (χ4v) is 4.37. The van der Waals surface area contributed by atoms with Crippen molar-refractivity contribution in [2.75, 3.05) is 36.4 Å². The molecule has 1 unspecified atom stereocenters. The van der Waals surface area contributed by atoms with Crippen molar-refractivity contribution in [1.29, 1.82) is 0 Å². The van der Waals surface area contributed by atoms with Gasteiger partial charge in [0, 0.05) is 71.7 Å². The molecule has 3 N–H and O–H groups in total. The second-order valence-electron chi connectivity index (χ2n) is 9.02. The van der Waals surface area contributed by atoms with Gasteiger partial charge in [0.1, 0.15) is 6.04 Å². The maximum atomic E-state index is 12.3. The SMILES string of the molecule is CC(=O)c1ccc(N2CCN(C(C(=O)O)c3c[nH]c4cc(NC(=O)C(C)C)ccc34)CC2)cc1. The third-order valence-corrected chi connectivity index (χ3v) is 6.35. The Morgan fingerprint density at radius 2 is 1.68 bits per heavy atom. The Morgan fingerprint density at radius 3 is 2.26 bits per heavy atom. The van der Waals surface area contributed by atoms with E-state index in [2.05, 4.69) is 15.2 Å². The molecular weight excluding hydrogens is 432 g/mol. The number of anilines is 2. The number of hydrogen-bond donors (Lipinski definition) is 3. The Labute approximate surface area is 198 Å². The van der Waals surface area contributed by atoms with Crippen LogP contribution in [0, 0.1) is 5.92 Å². The molecule has 1 fully saturated rings. The molecule has 1 saturated heterocycles. The molecule has 0 radical (unpaired) electrons. The summed E-state index contributed by atoms with van der Waals surface area (Å²) < 4.78 is 0. The van der Waals surface area contributed by atoms with Crippen molar-refractivity contribution < 1.29 is 19.5 Å². The number of H-pyrrole nitrogens is 1. The fraction of sp³-hybridized carbons (Fsp3) is 0.346. The van der Waals surface area contributed by atoms with E-state index in [1.807, 2.05) is 61.2 Å². The Kier molecular flexibility index (Phi) is 6.70. The number of aliphatic carboxylic acids is 1. The maximum Gasteiger partial charge on any atom is 0.325 e. The summed E-state index contributed by atoms with van der Waals surface area (Å²) in [5.74, 6) is -1.05. The average molecular weight is 463 g/mol. The highest BCUT2D eigenvalue weighted by Gasteiger charge is 2.32. The maximum absolute atomic E-state index is 12.3. The number of ketones is 1. The first-order valence-electron chi connectivity index (χ1n) is 11.5. The van der Waals surface area contributed by atoms with Crippen LogP contribution >= 0.6 is 0 Å². The number of hydrogen-bond acceptors (Lipinski definition) is 5. The summed E-state index contributed by atoms with van der Waals surface area (Å²) in [7, 11) is 0. The van der Waals surface area contributed by atoms with Gasteiger partial charge in [-0.05, 0) is 43.3 Å². The van der Waals surface area contributed by atoms with Gasteiger partial charge in [-0.25, -0.2) is 0 Å². The number of fused-ring (bicyclic) bond motifs is 1. The van der Waals surface area contributed by atoms with E-state index < -0.39 is 12.0 Å². The summed E-state index contributed by atoms with van der Waals surface area (Å²) in [4.78, 5) is 43.2. The van der Waals surface area contributed by atoms with Crippen molar-refractivity contribution >= 4 is 39.9 Å². The van der Waals surface area contributed by atoms with Crippen molar-refractivity contribution in [3.63, 3.8) is 0 Å². The summed E-state index contributed by atoms with van der Waals surface area (Å²) >= 11 is 0. The van der Waals surface area contributed by atoms with Crippen LogP contribution in [0.4, 0.5) is 11.4 Å². The van der Waals surface area contributed by atoms with Gasteiger partial charge in [0.15, 0.2) is 5.78 Å². The topological polar surface area (TPSA) is 106 Å². The van der Waals surface area contributed by atoms with Crippen LogP contribution in [-0.2, 0) is 9.59 Å². The first-order valence-corrected chi connectivity index (χ1v) is 11.5. The molecule has 8 nitrogen and oxygen atoms in total. The second kappa shape index (κ2) is 9.69. The zero-order valence-electron chi connectivity index (χ0n) is 19.7. The van der Waals surface area contributed by atoms with Gasteiger partial charge in [0.2, 0.25) is 5.91 Å². The first-order chi connectivity index (χ1) is 16.2. The number of carboxylic acid groups (broad SMARTS) is 1. The molecule has 0 aliphatic carbocycles. The van der Waals surface area contributed by atoms with Crippen LogP contribution in [0.15, 0.2) is 48.7 Å². The number of amides is 1. The quantitative estimate of drug-likeness (QED) is 0.460. The summed E-state index contributed by atoms with van der Waals surface area (Å²) in [6.45, 7) is 7.79. The van der Waals surface area contributed by atoms with Crippen LogP contribution in [0.5, 0.6) is 0 Å². The number of benzene rings is 2. The van der Waals surface area contributed by atoms with Crippen molar-refractivity contribution in [3.8, 4) is 0 Å². The number of carbonyl (C=O) groups excluding carboxylic acids is 2. The molecule has 1 aliphatic heterocycles. The highest BCUT2D eigenvalue weighted by atomic mass is 16.4. The molecule has 34 heavy (non-hydrogen) atoms. The van der Waals surface area contributed by atoms with Crippen LogP contribution in [-0.4, -0.2) is 58.8 Å². The number of rotatable bonds is 7. The summed E-state index contributed by atoms with van der Waals surface area (Å²) in [6.07, 6.45) is 1.75. The van der Waals surface area contributed by atoms with E-state index in [1.165, 1.54) is 0 Å². The minimum atomic E-state index is -0.891. The molecule has 1 atom stereocenters. The normalized spacial score (nSPS) is 15.5. The number of carbonyl (C=O) groups is 3. The molecular formula is C26H30N4O4. The number of piperazine rings is 1. The van der Waals surface area contributed by atoms with Crippen LogP contribution < -0.4 is 10.2 Å². The molecule has 2 aromatic carbocycles. The number of carboxylic acids is 1. The Bertz CT molecular complexity index is 1210. The van der Waals surface area contributed by atoms with Gasteiger partial charge in [-0.15, -0.1) is 0 Å². The van der Waals surface area contributed by atoms with E-state index in [0.717, 1.165) is 16.6 Å². The number of aromatic amines is 1. The number of aromatic nitrogens is 1. The Morgan fingerprint density at radius 1 is 1.00 bits per heavy atom. The largest absolute Gasteiger partial charge is 0.480 e. The highest BCUT2D eigenvalue weighted by molar-refractivity contribution is 5.96. The lowest BCUT2D eigenvalue weighted by Crippen LogP contribution is -2.49. The number of nitrogens with zero attached hydrogens (tertiary/aromatic N) is 2. The highest BCUT2D eigenvalue weighted by Crippen LogP contribution is 2.31. The average Bonchev–Trinajstić information content (AvgIpc) is 3.22. The smallest absolute Gasteiger partial charge is 0.325 e. The third-order valence-electron chi connectivity index (χ3n) is 6.35. The first kappa shape index (κ1) is 23.5. The van der Waals surface area contributed by atoms with Crippen LogP contribution in [0.3, 0.4) is 0 Å². The van der Waals surface area contributed by atoms with Crippen molar-refractivity contribution in [2.45, 2.75) is 26.8 Å². The molecule has 3 aromatic rings. The monoisotopic (exact) mass is 462 g/mol. The van der Waals surface area contributed by atoms with Gasteiger partial charge in [-0.2, -0.15) is 0 Å². The molecule has 1 amide bonds. The third kappa shape index (κ3) is 4.82. The minimum Gasteiger partial charge on any atom is -0.480 e. The second-order valence-corrected chi connectivity index (χ2v) is 9.02. The van der Waals surface area contributed by atoms with E-state index in [-0.39, 0.29) is 17.6 Å². The molecule has 0 spiro atoms.